The number of aliphatic hydroxyl groups is 1. The number of anilines is 1. The van der Waals surface area contributed by atoms with E-state index in [1.54, 1.807) is 10.9 Å². The van der Waals surface area contributed by atoms with E-state index in [0.29, 0.717) is 12.4 Å². The number of aliphatic hydroxyl groups excluding tert-OH is 1. The topological polar surface area (TPSA) is 75.9 Å². The molecule has 124 valence electrons. The Balaban J connectivity index is 1.77. The highest BCUT2D eigenvalue weighted by Gasteiger charge is 2.33. The van der Waals surface area contributed by atoms with E-state index in [1.807, 2.05) is 0 Å². The minimum Gasteiger partial charge on any atom is -0.394 e. The van der Waals surface area contributed by atoms with Crippen molar-refractivity contribution in [3.05, 3.63) is 35.3 Å². The average Bonchev–Trinajstić information content (AvgIpc) is 2.92. The molecule has 0 bridgehead atoms. The van der Waals surface area contributed by atoms with Crippen LogP contribution in [0.25, 0.3) is 0 Å². The summed E-state index contributed by atoms with van der Waals surface area (Å²) in [6.07, 6.45) is -0.128. The Morgan fingerprint density at radius 2 is 2.13 bits per heavy atom. The first-order chi connectivity index (χ1) is 11.0. The normalized spacial score (nSPS) is 17.8. The van der Waals surface area contributed by atoms with Crippen molar-refractivity contribution >= 4 is 5.82 Å². The van der Waals surface area contributed by atoms with Gasteiger partial charge in [0.2, 0.25) is 0 Å². The fraction of sp³-hybridized carbons (Fsp3) is 0.500. The van der Waals surface area contributed by atoms with Gasteiger partial charge in [-0.1, -0.05) is 0 Å². The van der Waals surface area contributed by atoms with Crippen LogP contribution in [0.3, 0.4) is 0 Å². The van der Waals surface area contributed by atoms with Crippen molar-refractivity contribution in [2.24, 2.45) is 0 Å². The number of halogens is 3. The molecule has 0 fully saturated rings. The molecule has 0 amide bonds. The van der Waals surface area contributed by atoms with Crippen LogP contribution < -0.4 is 5.32 Å². The van der Waals surface area contributed by atoms with Crippen LogP contribution in [0.2, 0.25) is 0 Å². The van der Waals surface area contributed by atoms with Crippen LogP contribution in [0, 0.1) is 0 Å². The Labute approximate surface area is 130 Å². The number of alkyl halides is 3. The second kappa shape index (κ2) is 6.15. The molecule has 2 heterocycles. The van der Waals surface area contributed by atoms with Gasteiger partial charge in [-0.15, -0.1) is 10.2 Å². The molecule has 0 spiro atoms. The highest BCUT2D eigenvalue weighted by Crippen LogP contribution is 2.32. The summed E-state index contributed by atoms with van der Waals surface area (Å²) in [5, 5.41) is 23.2. The summed E-state index contributed by atoms with van der Waals surface area (Å²) in [7, 11) is 0. The molecular formula is C14H16F3N5O. The lowest BCUT2D eigenvalue weighted by Crippen LogP contribution is -2.20. The van der Waals surface area contributed by atoms with Crippen molar-refractivity contribution in [1.29, 1.82) is 0 Å². The average molecular weight is 327 g/mol. The molecule has 0 saturated carbocycles. The molecule has 1 aliphatic carbocycles. The molecule has 1 aliphatic rings. The summed E-state index contributed by atoms with van der Waals surface area (Å²) in [5.74, 6) is 0.297. The Morgan fingerprint density at radius 1 is 1.30 bits per heavy atom. The molecule has 1 atom stereocenters. The summed E-state index contributed by atoms with van der Waals surface area (Å²) in [6, 6.07) is 2.12. The zero-order valence-electron chi connectivity index (χ0n) is 12.2. The first-order valence-electron chi connectivity index (χ1n) is 7.32. The van der Waals surface area contributed by atoms with Gasteiger partial charge in [-0.2, -0.15) is 18.3 Å². The second-order valence-electron chi connectivity index (χ2n) is 5.38. The van der Waals surface area contributed by atoms with Crippen molar-refractivity contribution < 1.29 is 18.3 Å². The SMILES string of the molecule is OCCn1ncc2c1CCCC2Nc1ccc(C(F)(F)F)nn1. The molecule has 0 saturated heterocycles. The van der Waals surface area contributed by atoms with E-state index < -0.39 is 11.9 Å². The Morgan fingerprint density at radius 3 is 2.78 bits per heavy atom. The van der Waals surface area contributed by atoms with E-state index in [2.05, 4.69) is 20.6 Å². The van der Waals surface area contributed by atoms with Gasteiger partial charge in [-0.3, -0.25) is 4.68 Å². The number of rotatable bonds is 4. The van der Waals surface area contributed by atoms with Crippen LogP contribution in [0.1, 0.15) is 35.8 Å². The molecule has 2 aromatic heterocycles. The Hall–Kier alpha value is -2.16. The predicted octanol–water partition coefficient (Wildman–Crippen LogP) is 2.17. The maximum atomic E-state index is 12.5. The lowest BCUT2D eigenvalue weighted by molar-refractivity contribution is -0.141. The van der Waals surface area contributed by atoms with E-state index in [1.165, 1.54) is 6.07 Å². The molecule has 2 aromatic rings. The van der Waals surface area contributed by atoms with Crippen LogP contribution in [-0.4, -0.2) is 31.7 Å². The Bertz CT molecular complexity index is 668. The third-order valence-corrected chi connectivity index (χ3v) is 3.85. The molecule has 0 radical (unpaired) electrons. The van der Waals surface area contributed by atoms with Gasteiger partial charge in [-0.25, -0.2) is 0 Å². The summed E-state index contributed by atoms with van der Waals surface area (Å²) in [6.45, 7) is 0.443. The van der Waals surface area contributed by atoms with Crippen LogP contribution in [-0.2, 0) is 19.1 Å². The minimum absolute atomic E-state index is 0.0105. The Kier molecular flexibility index (Phi) is 4.20. The fourth-order valence-electron chi connectivity index (χ4n) is 2.80. The van der Waals surface area contributed by atoms with Crippen molar-refractivity contribution in [1.82, 2.24) is 20.0 Å². The van der Waals surface area contributed by atoms with Crippen molar-refractivity contribution in [3.63, 3.8) is 0 Å². The van der Waals surface area contributed by atoms with E-state index in [-0.39, 0.29) is 12.6 Å². The molecule has 23 heavy (non-hydrogen) atoms. The summed E-state index contributed by atoms with van der Waals surface area (Å²) in [4.78, 5) is 0. The minimum atomic E-state index is -4.49. The van der Waals surface area contributed by atoms with Crippen molar-refractivity contribution in [2.75, 3.05) is 11.9 Å². The van der Waals surface area contributed by atoms with E-state index >= 15 is 0 Å². The van der Waals surface area contributed by atoms with Crippen LogP contribution >= 0.6 is 0 Å². The van der Waals surface area contributed by atoms with Crippen LogP contribution in [0.4, 0.5) is 19.0 Å². The number of nitrogens with zero attached hydrogens (tertiary/aromatic N) is 4. The van der Waals surface area contributed by atoms with Gasteiger partial charge in [0, 0.05) is 11.3 Å². The highest BCUT2D eigenvalue weighted by atomic mass is 19.4. The van der Waals surface area contributed by atoms with E-state index in [9.17, 15) is 13.2 Å². The predicted molar refractivity (Wildman–Crippen MR) is 75.6 cm³/mol. The maximum absolute atomic E-state index is 12.5. The smallest absolute Gasteiger partial charge is 0.394 e. The number of hydrogen-bond acceptors (Lipinski definition) is 5. The number of nitrogens with one attached hydrogen (secondary N) is 1. The van der Waals surface area contributed by atoms with Gasteiger partial charge < -0.3 is 10.4 Å². The molecule has 3 rings (SSSR count). The number of fused-ring (bicyclic) bond motifs is 1. The number of aromatic nitrogens is 4. The largest absolute Gasteiger partial charge is 0.435 e. The zero-order valence-corrected chi connectivity index (χ0v) is 12.2. The maximum Gasteiger partial charge on any atom is 0.435 e. The standard InChI is InChI=1S/C14H16F3N5O/c15-14(16,17)12-4-5-13(21-20-12)19-10-2-1-3-11-9(10)8-18-22(11)6-7-23/h4-5,8,10,23H,1-3,6-7H2,(H,19,21). The van der Waals surface area contributed by atoms with Crippen LogP contribution in [0.5, 0.6) is 0 Å². The fourth-order valence-corrected chi connectivity index (χ4v) is 2.80. The van der Waals surface area contributed by atoms with E-state index in [4.69, 9.17) is 5.11 Å². The molecule has 2 N–H and O–H groups in total. The first kappa shape index (κ1) is 15.7. The summed E-state index contributed by atoms with van der Waals surface area (Å²) < 4.78 is 39.3. The molecule has 1 unspecified atom stereocenters. The monoisotopic (exact) mass is 327 g/mol. The van der Waals surface area contributed by atoms with Gasteiger partial charge in [0.05, 0.1) is 25.4 Å². The molecular weight excluding hydrogens is 311 g/mol. The molecule has 9 heteroatoms. The summed E-state index contributed by atoms with van der Waals surface area (Å²) >= 11 is 0. The molecule has 0 aliphatic heterocycles. The van der Waals surface area contributed by atoms with Gasteiger partial charge in [0.25, 0.3) is 0 Å². The third kappa shape index (κ3) is 3.29. The van der Waals surface area contributed by atoms with Crippen molar-refractivity contribution in [2.45, 2.75) is 38.0 Å². The lowest BCUT2D eigenvalue weighted by atomic mass is 9.93. The number of hydrogen-bond donors (Lipinski definition) is 2. The second-order valence-corrected chi connectivity index (χ2v) is 5.38. The molecule has 6 nitrogen and oxygen atoms in total. The summed E-state index contributed by atoms with van der Waals surface area (Å²) in [5.41, 5.74) is 1.03. The van der Waals surface area contributed by atoms with Crippen molar-refractivity contribution in [3.8, 4) is 0 Å². The zero-order chi connectivity index (χ0) is 16.4. The van der Waals surface area contributed by atoms with Gasteiger partial charge in [-0.05, 0) is 31.4 Å². The molecule has 0 aromatic carbocycles. The van der Waals surface area contributed by atoms with Crippen LogP contribution in [0.15, 0.2) is 18.3 Å². The lowest BCUT2D eigenvalue weighted by Gasteiger charge is -2.24. The quantitative estimate of drug-likeness (QED) is 0.900. The van der Waals surface area contributed by atoms with E-state index in [0.717, 1.165) is 36.6 Å². The third-order valence-electron chi connectivity index (χ3n) is 3.85. The van der Waals surface area contributed by atoms with Gasteiger partial charge in [0.15, 0.2) is 5.69 Å². The van der Waals surface area contributed by atoms with Gasteiger partial charge >= 0.3 is 6.18 Å². The first-order valence-corrected chi connectivity index (χ1v) is 7.32. The van der Waals surface area contributed by atoms with Gasteiger partial charge in [0.1, 0.15) is 5.82 Å². The highest BCUT2D eigenvalue weighted by molar-refractivity contribution is 5.39.